The first kappa shape index (κ1) is 15.8. The second kappa shape index (κ2) is 8.92. The fourth-order valence-corrected chi connectivity index (χ4v) is 1.11. The van der Waals surface area contributed by atoms with Crippen molar-refractivity contribution in [3.8, 4) is 0 Å². The summed E-state index contributed by atoms with van der Waals surface area (Å²) in [5.74, 6) is 0. The number of rotatable bonds is 4. The minimum absolute atomic E-state index is 1.20. The standard InChI is InChI=1S/C12H16.H2O4S/c1-2-3-4-6-9-12-10-7-5-8-11-12;1-5(2,3)4/h5-11H,2-4H2,1H3;(H2,1,2,3,4). The lowest BCUT2D eigenvalue weighted by molar-refractivity contribution is 0.381. The first-order chi connectivity index (χ1) is 7.93. The highest BCUT2D eigenvalue weighted by Gasteiger charge is 1.84. The third-order valence-corrected chi connectivity index (χ3v) is 1.83. The molecule has 0 fully saturated rings. The number of unbranched alkanes of at least 4 members (excludes halogenated alkanes) is 2. The molecule has 0 heterocycles. The van der Waals surface area contributed by atoms with Gasteiger partial charge in [-0.05, 0) is 12.0 Å². The Hall–Kier alpha value is -1.17. The van der Waals surface area contributed by atoms with Crippen molar-refractivity contribution in [1.82, 2.24) is 0 Å². The van der Waals surface area contributed by atoms with Crippen LogP contribution in [0.2, 0.25) is 0 Å². The molecule has 0 saturated heterocycles. The number of allylic oxidation sites excluding steroid dienone is 1. The molecule has 0 aliphatic heterocycles. The molecule has 0 spiro atoms. The lowest BCUT2D eigenvalue weighted by atomic mass is 10.2. The number of hydrogen-bond donors (Lipinski definition) is 2. The van der Waals surface area contributed by atoms with Gasteiger partial charge in [-0.2, -0.15) is 8.42 Å². The lowest BCUT2D eigenvalue weighted by Crippen LogP contribution is -1.89. The highest BCUT2D eigenvalue weighted by atomic mass is 32.3. The second-order valence-electron chi connectivity index (χ2n) is 3.40. The molecule has 0 unspecified atom stereocenters. The normalized spacial score (nSPS) is 11.0. The molecular formula is C12H18O4S. The summed E-state index contributed by atoms with van der Waals surface area (Å²) in [6.45, 7) is 2.22. The Morgan fingerprint density at radius 1 is 1.18 bits per heavy atom. The van der Waals surface area contributed by atoms with Crippen molar-refractivity contribution in [2.45, 2.75) is 26.2 Å². The highest BCUT2D eigenvalue weighted by Crippen LogP contribution is 2.03. The Labute approximate surface area is 103 Å². The van der Waals surface area contributed by atoms with E-state index in [-0.39, 0.29) is 0 Å². The maximum Gasteiger partial charge on any atom is 0.394 e. The zero-order valence-corrected chi connectivity index (χ0v) is 10.6. The van der Waals surface area contributed by atoms with Crippen LogP contribution in [0.1, 0.15) is 31.7 Å². The molecule has 0 bridgehead atoms. The first-order valence-corrected chi connectivity index (χ1v) is 6.74. The second-order valence-corrected chi connectivity index (χ2v) is 4.30. The van der Waals surface area contributed by atoms with Crippen LogP contribution in [0.4, 0.5) is 0 Å². The summed E-state index contributed by atoms with van der Waals surface area (Å²) < 4.78 is 31.6. The fraction of sp³-hybridized carbons (Fsp3) is 0.333. The van der Waals surface area contributed by atoms with E-state index in [4.69, 9.17) is 17.5 Å². The Balaban J connectivity index is 0.000000437. The Bertz CT molecular complexity index is 401. The maximum atomic E-state index is 8.74. The van der Waals surface area contributed by atoms with Gasteiger partial charge in [-0.1, -0.05) is 62.2 Å². The summed E-state index contributed by atoms with van der Waals surface area (Å²) in [4.78, 5) is 0. The fourth-order valence-electron chi connectivity index (χ4n) is 1.11. The lowest BCUT2D eigenvalue weighted by Gasteiger charge is -1.91. The molecule has 0 atom stereocenters. The van der Waals surface area contributed by atoms with Crippen LogP contribution in [0.25, 0.3) is 6.08 Å². The maximum absolute atomic E-state index is 8.74. The third-order valence-electron chi connectivity index (χ3n) is 1.83. The van der Waals surface area contributed by atoms with Crippen LogP contribution in [0, 0.1) is 0 Å². The van der Waals surface area contributed by atoms with Crippen molar-refractivity contribution in [1.29, 1.82) is 0 Å². The monoisotopic (exact) mass is 258 g/mol. The van der Waals surface area contributed by atoms with Gasteiger partial charge in [0, 0.05) is 0 Å². The highest BCUT2D eigenvalue weighted by molar-refractivity contribution is 7.79. The summed E-state index contributed by atoms with van der Waals surface area (Å²) in [6, 6.07) is 10.4. The quantitative estimate of drug-likeness (QED) is 0.642. The SMILES string of the molecule is CCCCC=Cc1ccccc1.O=S(=O)(O)O. The average Bonchev–Trinajstić information content (AvgIpc) is 2.24. The zero-order chi connectivity index (χ0) is 13.1. The van der Waals surface area contributed by atoms with Crippen LogP contribution in [-0.2, 0) is 10.4 Å². The predicted octanol–water partition coefficient (Wildman–Crippen LogP) is 3.24. The van der Waals surface area contributed by atoms with Gasteiger partial charge in [-0.25, -0.2) is 0 Å². The molecule has 4 nitrogen and oxygen atoms in total. The molecule has 2 N–H and O–H groups in total. The van der Waals surface area contributed by atoms with Gasteiger partial charge in [-0.3, -0.25) is 9.11 Å². The zero-order valence-electron chi connectivity index (χ0n) is 9.78. The summed E-state index contributed by atoms with van der Waals surface area (Å²) in [6.07, 6.45) is 8.21. The molecule has 0 amide bonds. The van der Waals surface area contributed by atoms with E-state index in [1.165, 1.54) is 24.8 Å². The van der Waals surface area contributed by atoms with Crippen LogP contribution in [-0.4, -0.2) is 17.5 Å². The molecule has 96 valence electrons. The summed E-state index contributed by atoms with van der Waals surface area (Å²) >= 11 is 0. The van der Waals surface area contributed by atoms with Gasteiger partial charge in [0.15, 0.2) is 0 Å². The Kier molecular flexibility index (Phi) is 8.31. The van der Waals surface area contributed by atoms with Gasteiger partial charge in [-0.15, -0.1) is 0 Å². The van der Waals surface area contributed by atoms with E-state index < -0.39 is 10.4 Å². The van der Waals surface area contributed by atoms with Crippen LogP contribution >= 0.6 is 0 Å². The Morgan fingerprint density at radius 3 is 2.18 bits per heavy atom. The van der Waals surface area contributed by atoms with Crippen molar-refractivity contribution in [3.05, 3.63) is 42.0 Å². The molecule has 17 heavy (non-hydrogen) atoms. The molecule has 1 aromatic carbocycles. The van der Waals surface area contributed by atoms with E-state index in [0.717, 1.165) is 0 Å². The Morgan fingerprint density at radius 2 is 1.71 bits per heavy atom. The van der Waals surface area contributed by atoms with Crippen LogP contribution in [0.5, 0.6) is 0 Å². The molecule has 5 heteroatoms. The predicted molar refractivity (Wildman–Crippen MR) is 69.2 cm³/mol. The van der Waals surface area contributed by atoms with Gasteiger partial charge in [0.25, 0.3) is 0 Å². The average molecular weight is 258 g/mol. The molecular weight excluding hydrogens is 240 g/mol. The molecule has 1 rings (SSSR count). The largest absolute Gasteiger partial charge is 0.394 e. The molecule has 0 saturated carbocycles. The van der Waals surface area contributed by atoms with E-state index in [1.54, 1.807) is 0 Å². The van der Waals surface area contributed by atoms with Crippen LogP contribution in [0.15, 0.2) is 36.4 Å². The molecule has 0 aliphatic carbocycles. The number of hydrogen-bond acceptors (Lipinski definition) is 2. The molecule has 1 aromatic rings. The van der Waals surface area contributed by atoms with Crippen molar-refractivity contribution >= 4 is 16.5 Å². The van der Waals surface area contributed by atoms with Crippen LogP contribution in [0.3, 0.4) is 0 Å². The summed E-state index contributed by atoms with van der Waals surface area (Å²) in [5.41, 5.74) is 1.30. The van der Waals surface area contributed by atoms with E-state index in [2.05, 4.69) is 43.3 Å². The van der Waals surface area contributed by atoms with Crippen molar-refractivity contribution in [2.75, 3.05) is 0 Å². The molecule has 0 radical (unpaired) electrons. The number of benzene rings is 1. The summed E-state index contributed by atoms with van der Waals surface area (Å²) in [5, 5.41) is 0. The van der Waals surface area contributed by atoms with Gasteiger partial charge >= 0.3 is 10.4 Å². The van der Waals surface area contributed by atoms with Crippen molar-refractivity contribution in [2.24, 2.45) is 0 Å². The van der Waals surface area contributed by atoms with E-state index in [0.29, 0.717) is 0 Å². The molecule has 0 aliphatic rings. The minimum Gasteiger partial charge on any atom is -0.264 e. The third kappa shape index (κ3) is 14.8. The smallest absolute Gasteiger partial charge is 0.264 e. The van der Waals surface area contributed by atoms with Gasteiger partial charge < -0.3 is 0 Å². The van der Waals surface area contributed by atoms with Crippen LogP contribution < -0.4 is 0 Å². The van der Waals surface area contributed by atoms with Gasteiger partial charge in [0.05, 0.1) is 0 Å². The van der Waals surface area contributed by atoms with Gasteiger partial charge in [0.1, 0.15) is 0 Å². The van der Waals surface area contributed by atoms with Crippen molar-refractivity contribution < 1.29 is 17.5 Å². The van der Waals surface area contributed by atoms with Crippen molar-refractivity contribution in [3.63, 3.8) is 0 Å². The van der Waals surface area contributed by atoms with E-state index in [1.807, 2.05) is 6.07 Å². The minimum atomic E-state index is -4.67. The van der Waals surface area contributed by atoms with E-state index in [9.17, 15) is 0 Å². The molecule has 0 aromatic heterocycles. The summed E-state index contributed by atoms with van der Waals surface area (Å²) in [7, 11) is -4.67. The first-order valence-electron chi connectivity index (χ1n) is 5.35. The van der Waals surface area contributed by atoms with E-state index >= 15 is 0 Å². The topological polar surface area (TPSA) is 74.6 Å². The van der Waals surface area contributed by atoms with Gasteiger partial charge in [0.2, 0.25) is 0 Å².